The number of hydrogen-bond donors (Lipinski definition) is 1. The second kappa shape index (κ2) is 7.69. The van der Waals surface area contributed by atoms with Crippen molar-refractivity contribution < 1.29 is 4.79 Å². The van der Waals surface area contributed by atoms with Crippen LogP contribution >= 0.6 is 0 Å². The fourth-order valence-electron chi connectivity index (χ4n) is 1.43. The first-order valence-electron chi connectivity index (χ1n) is 5.96. The van der Waals surface area contributed by atoms with Gasteiger partial charge in [-0.05, 0) is 18.8 Å². The van der Waals surface area contributed by atoms with E-state index < -0.39 is 0 Å². The van der Waals surface area contributed by atoms with Gasteiger partial charge in [0.25, 0.3) is 0 Å². The average Bonchev–Trinajstić information content (AvgIpc) is 2.14. The zero-order chi connectivity index (χ0) is 11.8. The van der Waals surface area contributed by atoms with E-state index in [-0.39, 0.29) is 11.9 Å². The summed E-state index contributed by atoms with van der Waals surface area (Å²) in [5.41, 5.74) is 5.83. The van der Waals surface area contributed by atoms with Gasteiger partial charge in [-0.25, -0.2) is 0 Å². The highest BCUT2D eigenvalue weighted by atomic mass is 16.2. The Hall–Kier alpha value is -0.570. The maximum Gasteiger partial charge on any atom is 0.223 e. The molecule has 3 heteroatoms. The van der Waals surface area contributed by atoms with Crippen LogP contribution in [-0.4, -0.2) is 30.4 Å². The monoisotopic (exact) mass is 214 g/mol. The summed E-state index contributed by atoms with van der Waals surface area (Å²) in [6, 6.07) is 0.0315. The van der Waals surface area contributed by atoms with E-state index in [1.807, 2.05) is 7.05 Å². The van der Waals surface area contributed by atoms with Gasteiger partial charge in [0.15, 0.2) is 0 Å². The SMILES string of the molecule is CCCC(N)CC(=O)N(C)CCC(C)C. The molecular weight excluding hydrogens is 188 g/mol. The Morgan fingerprint density at radius 2 is 1.93 bits per heavy atom. The third-order valence-electron chi connectivity index (χ3n) is 2.56. The highest BCUT2D eigenvalue weighted by molar-refractivity contribution is 5.76. The van der Waals surface area contributed by atoms with Gasteiger partial charge in [0.2, 0.25) is 5.91 Å². The molecule has 1 unspecified atom stereocenters. The molecule has 0 aromatic rings. The fourth-order valence-corrected chi connectivity index (χ4v) is 1.43. The van der Waals surface area contributed by atoms with Gasteiger partial charge in [-0.1, -0.05) is 27.2 Å². The Morgan fingerprint density at radius 3 is 2.40 bits per heavy atom. The number of rotatable bonds is 7. The van der Waals surface area contributed by atoms with Crippen LogP contribution in [0.1, 0.15) is 46.5 Å². The summed E-state index contributed by atoms with van der Waals surface area (Å²) < 4.78 is 0. The minimum absolute atomic E-state index is 0.0315. The van der Waals surface area contributed by atoms with E-state index in [2.05, 4.69) is 20.8 Å². The highest BCUT2D eigenvalue weighted by Crippen LogP contribution is 2.04. The molecule has 0 aromatic heterocycles. The van der Waals surface area contributed by atoms with Crippen molar-refractivity contribution in [3.8, 4) is 0 Å². The fraction of sp³-hybridized carbons (Fsp3) is 0.917. The maximum atomic E-state index is 11.7. The summed E-state index contributed by atoms with van der Waals surface area (Å²) in [7, 11) is 1.86. The predicted octanol–water partition coefficient (Wildman–Crippen LogP) is 2.01. The van der Waals surface area contributed by atoms with E-state index in [1.165, 1.54) is 0 Å². The van der Waals surface area contributed by atoms with Gasteiger partial charge in [-0.3, -0.25) is 4.79 Å². The first-order chi connectivity index (χ1) is 6.97. The van der Waals surface area contributed by atoms with Crippen molar-refractivity contribution in [3.05, 3.63) is 0 Å². The summed E-state index contributed by atoms with van der Waals surface area (Å²) >= 11 is 0. The molecule has 0 aliphatic heterocycles. The molecule has 0 heterocycles. The van der Waals surface area contributed by atoms with Crippen molar-refractivity contribution in [1.29, 1.82) is 0 Å². The molecule has 0 rings (SSSR count). The van der Waals surface area contributed by atoms with Crippen molar-refractivity contribution in [3.63, 3.8) is 0 Å². The molecule has 0 fully saturated rings. The number of carbonyl (C=O) groups is 1. The molecule has 0 bridgehead atoms. The van der Waals surface area contributed by atoms with Crippen LogP contribution in [-0.2, 0) is 4.79 Å². The summed E-state index contributed by atoms with van der Waals surface area (Å²) in [4.78, 5) is 13.5. The Bertz CT molecular complexity index is 180. The zero-order valence-corrected chi connectivity index (χ0v) is 10.6. The van der Waals surface area contributed by atoms with Crippen molar-refractivity contribution in [1.82, 2.24) is 4.90 Å². The van der Waals surface area contributed by atoms with E-state index in [0.717, 1.165) is 25.8 Å². The van der Waals surface area contributed by atoms with Crippen LogP contribution < -0.4 is 5.73 Å². The largest absolute Gasteiger partial charge is 0.346 e. The topological polar surface area (TPSA) is 46.3 Å². The normalized spacial score (nSPS) is 12.9. The van der Waals surface area contributed by atoms with Crippen LogP contribution in [0.5, 0.6) is 0 Å². The molecule has 0 saturated heterocycles. The van der Waals surface area contributed by atoms with Crippen LogP contribution in [0, 0.1) is 5.92 Å². The van der Waals surface area contributed by atoms with E-state index in [4.69, 9.17) is 5.73 Å². The van der Waals surface area contributed by atoms with Gasteiger partial charge in [-0.15, -0.1) is 0 Å². The molecule has 0 radical (unpaired) electrons. The van der Waals surface area contributed by atoms with Crippen molar-refractivity contribution in [2.24, 2.45) is 11.7 Å². The predicted molar refractivity (Wildman–Crippen MR) is 64.6 cm³/mol. The minimum Gasteiger partial charge on any atom is -0.346 e. The molecule has 15 heavy (non-hydrogen) atoms. The summed E-state index contributed by atoms with van der Waals surface area (Å²) in [6.45, 7) is 7.27. The van der Waals surface area contributed by atoms with Crippen LogP contribution in [0.2, 0.25) is 0 Å². The van der Waals surface area contributed by atoms with E-state index >= 15 is 0 Å². The first-order valence-corrected chi connectivity index (χ1v) is 5.96. The molecule has 0 aliphatic carbocycles. The Labute approximate surface area is 94.0 Å². The van der Waals surface area contributed by atoms with Crippen LogP contribution in [0.4, 0.5) is 0 Å². The van der Waals surface area contributed by atoms with Crippen molar-refractivity contribution >= 4 is 5.91 Å². The minimum atomic E-state index is 0.0315. The Balaban J connectivity index is 3.78. The van der Waals surface area contributed by atoms with E-state index in [9.17, 15) is 4.79 Å². The maximum absolute atomic E-state index is 11.7. The van der Waals surface area contributed by atoms with Gasteiger partial charge in [0, 0.05) is 26.1 Å². The van der Waals surface area contributed by atoms with Gasteiger partial charge in [0.05, 0.1) is 0 Å². The number of nitrogens with two attached hydrogens (primary N) is 1. The number of nitrogens with zero attached hydrogens (tertiary/aromatic N) is 1. The molecule has 90 valence electrons. The average molecular weight is 214 g/mol. The lowest BCUT2D eigenvalue weighted by Gasteiger charge is -2.20. The van der Waals surface area contributed by atoms with Gasteiger partial charge in [-0.2, -0.15) is 0 Å². The molecular formula is C12H26N2O. The second-order valence-electron chi connectivity index (χ2n) is 4.75. The van der Waals surface area contributed by atoms with Crippen LogP contribution in [0.25, 0.3) is 0 Å². The summed E-state index contributed by atoms with van der Waals surface area (Å²) in [5, 5.41) is 0. The van der Waals surface area contributed by atoms with Gasteiger partial charge in [0.1, 0.15) is 0 Å². The molecule has 0 spiro atoms. The molecule has 1 atom stereocenters. The molecule has 0 aromatic carbocycles. The van der Waals surface area contributed by atoms with Crippen LogP contribution in [0.15, 0.2) is 0 Å². The van der Waals surface area contributed by atoms with Gasteiger partial charge >= 0.3 is 0 Å². The zero-order valence-electron chi connectivity index (χ0n) is 10.6. The van der Waals surface area contributed by atoms with Crippen molar-refractivity contribution in [2.45, 2.75) is 52.5 Å². The third kappa shape index (κ3) is 7.37. The lowest BCUT2D eigenvalue weighted by molar-refractivity contribution is -0.130. The number of amides is 1. The molecule has 0 aliphatic rings. The van der Waals surface area contributed by atoms with E-state index in [0.29, 0.717) is 12.3 Å². The summed E-state index contributed by atoms with van der Waals surface area (Å²) in [6.07, 6.45) is 3.53. The first kappa shape index (κ1) is 14.4. The van der Waals surface area contributed by atoms with Crippen molar-refractivity contribution in [2.75, 3.05) is 13.6 Å². The molecule has 0 saturated carbocycles. The molecule has 1 amide bonds. The second-order valence-corrected chi connectivity index (χ2v) is 4.75. The third-order valence-corrected chi connectivity index (χ3v) is 2.56. The number of hydrogen-bond acceptors (Lipinski definition) is 2. The van der Waals surface area contributed by atoms with Crippen LogP contribution in [0.3, 0.4) is 0 Å². The summed E-state index contributed by atoms with van der Waals surface area (Å²) in [5.74, 6) is 0.821. The molecule has 3 nitrogen and oxygen atoms in total. The lowest BCUT2D eigenvalue weighted by atomic mass is 10.1. The Morgan fingerprint density at radius 1 is 1.33 bits per heavy atom. The smallest absolute Gasteiger partial charge is 0.223 e. The van der Waals surface area contributed by atoms with E-state index in [1.54, 1.807) is 4.90 Å². The lowest BCUT2D eigenvalue weighted by Crippen LogP contribution is -2.34. The quantitative estimate of drug-likeness (QED) is 0.704. The Kier molecular flexibility index (Phi) is 7.39. The standard InChI is InChI=1S/C12H26N2O/c1-5-6-11(13)9-12(15)14(4)8-7-10(2)3/h10-11H,5-9,13H2,1-4H3. The van der Waals surface area contributed by atoms with Gasteiger partial charge < -0.3 is 10.6 Å². The highest BCUT2D eigenvalue weighted by Gasteiger charge is 2.13. The number of carbonyl (C=O) groups excluding carboxylic acids is 1. The molecule has 2 N–H and O–H groups in total.